The number of benzene rings is 2. The van der Waals surface area contributed by atoms with Crippen LogP contribution in [-0.4, -0.2) is 31.4 Å². The zero-order valence-corrected chi connectivity index (χ0v) is 15.5. The van der Waals surface area contributed by atoms with Crippen LogP contribution in [0.1, 0.15) is 39.1 Å². The van der Waals surface area contributed by atoms with Crippen molar-refractivity contribution in [1.29, 1.82) is 0 Å². The molecule has 3 N–H and O–H groups in total. The van der Waals surface area contributed by atoms with Crippen LogP contribution < -0.4 is 15.8 Å². The largest absolute Gasteiger partial charge is 0.486 e. The van der Waals surface area contributed by atoms with Crippen molar-refractivity contribution in [2.45, 2.75) is 12.8 Å². The lowest BCUT2D eigenvalue weighted by molar-refractivity contribution is 0.0996. The van der Waals surface area contributed by atoms with E-state index in [2.05, 4.69) is 5.32 Å². The van der Waals surface area contributed by atoms with Crippen LogP contribution in [0.5, 0.6) is 5.75 Å². The molecule has 0 spiro atoms. The van der Waals surface area contributed by atoms with E-state index >= 15 is 0 Å². The normalized spacial score (nSPS) is 13.6. The summed E-state index contributed by atoms with van der Waals surface area (Å²) in [5.74, 6) is -0.584. The van der Waals surface area contributed by atoms with E-state index in [4.69, 9.17) is 10.5 Å². The second-order valence-electron chi connectivity index (χ2n) is 6.80. The van der Waals surface area contributed by atoms with Gasteiger partial charge < -0.3 is 15.8 Å². The maximum Gasteiger partial charge on any atom is 0.248 e. The number of hydrogen-bond acceptors (Lipinski definition) is 4. The number of nitrogens with two attached hydrogens (primary N) is 1. The fourth-order valence-corrected chi connectivity index (χ4v) is 2.69. The Morgan fingerprint density at radius 2 is 1.75 bits per heavy atom. The van der Waals surface area contributed by atoms with Crippen LogP contribution in [0.4, 0.5) is 4.39 Å². The standard InChI is InChI=1S/C22H23FN2O3/c23-19-13-18(21(26)16-5-7-17(8-6-16)22(24)27)9-10-20(19)28-12-2-1-11-25-14-15-3-4-15/h1-2,5-10,13,15,25H,3-4,11-12,14H2,(H2,24,27)/b2-1+. The number of halogens is 1. The third-order valence-electron chi connectivity index (χ3n) is 4.52. The number of carbonyl (C=O) groups excluding carboxylic acids is 2. The predicted octanol–water partition coefficient (Wildman–Crippen LogP) is 3.09. The van der Waals surface area contributed by atoms with Crippen molar-refractivity contribution in [1.82, 2.24) is 5.32 Å². The van der Waals surface area contributed by atoms with Crippen molar-refractivity contribution >= 4 is 11.7 Å². The number of hydrogen-bond donors (Lipinski definition) is 2. The second kappa shape index (κ2) is 9.28. The van der Waals surface area contributed by atoms with Gasteiger partial charge in [0.05, 0.1) is 0 Å². The Hall–Kier alpha value is -2.99. The van der Waals surface area contributed by atoms with Crippen molar-refractivity contribution in [3.05, 3.63) is 77.1 Å². The average Bonchev–Trinajstić information content (AvgIpc) is 3.52. The summed E-state index contributed by atoms with van der Waals surface area (Å²) in [5, 5.41) is 3.32. The number of nitrogens with one attached hydrogen (secondary N) is 1. The summed E-state index contributed by atoms with van der Waals surface area (Å²) in [6.45, 7) is 2.06. The Bertz CT molecular complexity index is 874. The molecular formula is C22H23FN2O3. The summed E-state index contributed by atoms with van der Waals surface area (Å²) in [5.41, 5.74) is 6.04. The first kappa shape index (κ1) is 19.8. The molecule has 0 unspecified atom stereocenters. The molecule has 0 bridgehead atoms. The summed E-state index contributed by atoms with van der Waals surface area (Å²) in [4.78, 5) is 23.6. The molecule has 0 saturated heterocycles. The van der Waals surface area contributed by atoms with Crippen LogP contribution in [0.2, 0.25) is 0 Å². The van der Waals surface area contributed by atoms with Crippen LogP contribution in [0.15, 0.2) is 54.6 Å². The smallest absolute Gasteiger partial charge is 0.248 e. The van der Waals surface area contributed by atoms with Gasteiger partial charge in [-0.1, -0.05) is 24.3 Å². The highest BCUT2D eigenvalue weighted by Crippen LogP contribution is 2.27. The van der Waals surface area contributed by atoms with Crippen molar-refractivity contribution in [3.63, 3.8) is 0 Å². The molecule has 3 rings (SSSR count). The second-order valence-corrected chi connectivity index (χ2v) is 6.80. The highest BCUT2D eigenvalue weighted by Gasteiger charge is 2.19. The van der Waals surface area contributed by atoms with Crippen LogP contribution >= 0.6 is 0 Å². The van der Waals surface area contributed by atoms with Crippen molar-refractivity contribution in [3.8, 4) is 5.75 Å². The Balaban J connectivity index is 1.53. The highest BCUT2D eigenvalue weighted by atomic mass is 19.1. The number of ketones is 1. The van der Waals surface area contributed by atoms with Gasteiger partial charge in [-0.15, -0.1) is 0 Å². The molecule has 6 heteroatoms. The van der Waals surface area contributed by atoms with Crippen LogP contribution in [0.25, 0.3) is 0 Å². The summed E-state index contributed by atoms with van der Waals surface area (Å²) in [6, 6.07) is 10.0. The van der Waals surface area contributed by atoms with Gasteiger partial charge in [-0.25, -0.2) is 4.39 Å². The molecule has 1 aliphatic carbocycles. The molecule has 1 aliphatic rings. The number of amides is 1. The van der Waals surface area contributed by atoms with Gasteiger partial charge in [0.2, 0.25) is 5.91 Å². The fourth-order valence-electron chi connectivity index (χ4n) is 2.69. The van der Waals surface area contributed by atoms with E-state index < -0.39 is 11.7 Å². The quantitative estimate of drug-likeness (QED) is 0.376. The van der Waals surface area contributed by atoms with Gasteiger partial charge in [0.15, 0.2) is 17.3 Å². The molecule has 0 aliphatic heterocycles. The number of rotatable bonds is 10. The van der Waals surface area contributed by atoms with Gasteiger partial charge in [0, 0.05) is 23.2 Å². The van der Waals surface area contributed by atoms with Gasteiger partial charge in [-0.2, -0.15) is 0 Å². The average molecular weight is 382 g/mol. The summed E-state index contributed by atoms with van der Waals surface area (Å²) < 4.78 is 19.7. The first-order valence-corrected chi connectivity index (χ1v) is 9.27. The van der Waals surface area contributed by atoms with Gasteiger partial charge in [0.1, 0.15) is 6.61 Å². The van der Waals surface area contributed by atoms with E-state index in [0.29, 0.717) is 11.1 Å². The molecule has 1 amide bonds. The summed E-state index contributed by atoms with van der Waals surface area (Å²) in [7, 11) is 0. The third kappa shape index (κ3) is 5.50. The van der Waals surface area contributed by atoms with Crippen molar-refractivity contribution in [2.24, 2.45) is 11.7 Å². The fraction of sp³-hybridized carbons (Fsp3) is 0.273. The molecule has 0 radical (unpaired) electrons. The predicted molar refractivity (Wildman–Crippen MR) is 105 cm³/mol. The molecule has 2 aromatic carbocycles. The molecule has 0 heterocycles. The minimum Gasteiger partial charge on any atom is -0.486 e. The molecule has 2 aromatic rings. The molecule has 1 fully saturated rings. The van der Waals surface area contributed by atoms with Crippen LogP contribution in [0, 0.1) is 11.7 Å². The summed E-state index contributed by atoms with van der Waals surface area (Å²) >= 11 is 0. The van der Waals surface area contributed by atoms with E-state index in [-0.39, 0.29) is 23.7 Å². The topological polar surface area (TPSA) is 81.4 Å². The van der Waals surface area contributed by atoms with Crippen LogP contribution in [0.3, 0.4) is 0 Å². The van der Waals surface area contributed by atoms with Gasteiger partial charge in [-0.3, -0.25) is 9.59 Å². The van der Waals surface area contributed by atoms with Gasteiger partial charge in [0.25, 0.3) is 0 Å². The van der Waals surface area contributed by atoms with Crippen LogP contribution in [-0.2, 0) is 0 Å². The Morgan fingerprint density at radius 3 is 2.39 bits per heavy atom. The molecule has 0 atom stereocenters. The van der Waals surface area contributed by atoms with E-state index in [9.17, 15) is 14.0 Å². The van der Waals surface area contributed by atoms with Crippen molar-refractivity contribution in [2.75, 3.05) is 19.7 Å². The van der Waals surface area contributed by atoms with Gasteiger partial charge in [-0.05, 0) is 55.6 Å². The molecule has 1 saturated carbocycles. The molecule has 28 heavy (non-hydrogen) atoms. The minimum absolute atomic E-state index is 0.0937. The molecule has 5 nitrogen and oxygen atoms in total. The van der Waals surface area contributed by atoms with E-state index in [1.807, 2.05) is 12.2 Å². The SMILES string of the molecule is NC(=O)c1ccc(C(=O)c2ccc(OC/C=C/CNCC3CC3)c(F)c2)cc1. The van der Waals surface area contributed by atoms with E-state index in [1.165, 1.54) is 49.2 Å². The third-order valence-corrected chi connectivity index (χ3v) is 4.52. The zero-order valence-electron chi connectivity index (χ0n) is 15.5. The summed E-state index contributed by atoms with van der Waals surface area (Å²) in [6.07, 6.45) is 6.42. The molecule has 0 aromatic heterocycles. The molecule has 146 valence electrons. The zero-order chi connectivity index (χ0) is 19.9. The lowest BCUT2D eigenvalue weighted by Gasteiger charge is -2.07. The lowest BCUT2D eigenvalue weighted by Crippen LogP contribution is -2.16. The van der Waals surface area contributed by atoms with Gasteiger partial charge >= 0.3 is 0 Å². The highest BCUT2D eigenvalue weighted by molar-refractivity contribution is 6.09. The van der Waals surface area contributed by atoms with Crippen molar-refractivity contribution < 1.29 is 18.7 Å². The first-order valence-electron chi connectivity index (χ1n) is 9.27. The number of ether oxygens (including phenoxy) is 1. The maximum atomic E-state index is 14.2. The lowest BCUT2D eigenvalue weighted by atomic mass is 10.0. The Labute approximate surface area is 163 Å². The number of carbonyl (C=O) groups is 2. The number of primary amides is 1. The van der Waals surface area contributed by atoms with E-state index in [1.54, 1.807) is 0 Å². The Morgan fingerprint density at radius 1 is 1.07 bits per heavy atom. The first-order chi connectivity index (χ1) is 13.5. The minimum atomic E-state index is -0.597. The monoisotopic (exact) mass is 382 g/mol. The Kier molecular flexibility index (Phi) is 6.55. The van der Waals surface area contributed by atoms with E-state index in [0.717, 1.165) is 25.1 Å². The molecular weight excluding hydrogens is 359 g/mol. The maximum absolute atomic E-state index is 14.2.